The molecular formula is C17H18N4O3. The van der Waals surface area contributed by atoms with E-state index >= 15 is 0 Å². The summed E-state index contributed by atoms with van der Waals surface area (Å²) in [6.07, 6.45) is 2.12. The molecule has 1 saturated heterocycles. The number of fused-ring (bicyclic) bond motifs is 1. The molecular weight excluding hydrogens is 308 g/mol. The van der Waals surface area contributed by atoms with Crippen molar-refractivity contribution in [2.45, 2.75) is 25.5 Å². The summed E-state index contributed by atoms with van der Waals surface area (Å²) in [5.41, 5.74) is 1.32. The lowest BCUT2D eigenvalue weighted by Crippen LogP contribution is -2.32. The van der Waals surface area contributed by atoms with Gasteiger partial charge >= 0.3 is 0 Å². The van der Waals surface area contributed by atoms with Crippen LogP contribution in [-0.2, 0) is 4.74 Å². The van der Waals surface area contributed by atoms with Crippen LogP contribution in [0, 0.1) is 6.92 Å². The number of nitrogens with one attached hydrogen (secondary N) is 1. The third-order valence-corrected chi connectivity index (χ3v) is 4.59. The third-order valence-electron chi connectivity index (χ3n) is 4.59. The van der Waals surface area contributed by atoms with Crippen molar-refractivity contribution in [3.05, 3.63) is 47.7 Å². The van der Waals surface area contributed by atoms with E-state index in [1.54, 1.807) is 12.0 Å². The number of rotatable bonds is 3. The lowest BCUT2D eigenvalue weighted by molar-refractivity contribution is 0.0684. The van der Waals surface area contributed by atoms with Crippen LogP contribution >= 0.6 is 0 Å². The third kappa shape index (κ3) is 2.28. The monoisotopic (exact) mass is 326 g/mol. The van der Waals surface area contributed by atoms with Crippen LogP contribution < -0.4 is 0 Å². The molecule has 2 atom stereocenters. The molecule has 24 heavy (non-hydrogen) atoms. The van der Waals surface area contributed by atoms with Crippen molar-refractivity contribution in [3.63, 3.8) is 0 Å². The van der Waals surface area contributed by atoms with E-state index in [2.05, 4.69) is 15.2 Å². The molecule has 1 aliphatic heterocycles. The molecule has 0 radical (unpaired) electrons. The van der Waals surface area contributed by atoms with Crippen molar-refractivity contribution in [2.75, 3.05) is 13.7 Å². The second-order valence-electron chi connectivity index (χ2n) is 5.97. The highest BCUT2D eigenvalue weighted by Gasteiger charge is 2.39. The van der Waals surface area contributed by atoms with Gasteiger partial charge in [-0.15, -0.1) is 0 Å². The van der Waals surface area contributed by atoms with Gasteiger partial charge in [-0.25, -0.2) is 4.98 Å². The van der Waals surface area contributed by atoms with Crippen LogP contribution in [0.3, 0.4) is 0 Å². The van der Waals surface area contributed by atoms with Gasteiger partial charge in [-0.2, -0.15) is 5.10 Å². The molecule has 1 aliphatic rings. The van der Waals surface area contributed by atoms with Crippen molar-refractivity contribution in [1.29, 1.82) is 0 Å². The van der Waals surface area contributed by atoms with Crippen LogP contribution in [0.1, 0.15) is 34.4 Å². The normalized spacial score (nSPS) is 20.8. The highest BCUT2D eigenvalue weighted by molar-refractivity contribution is 6.07. The summed E-state index contributed by atoms with van der Waals surface area (Å²) in [5, 5.41) is 7.61. The number of benzene rings is 1. The molecule has 4 rings (SSSR count). The predicted octanol–water partition coefficient (Wildman–Crippen LogP) is 2.46. The van der Waals surface area contributed by atoms with E-state index in [9.17, 15) is 4.79 Å². The van der Waals surface area contributed by atoms with E-state index in [0.717, 1.165) is 11.0 Å². The quantitative estimate of drug-likeness (QED) is 0.799. The molecule has 7 nitrogen and oxygen atoms in total. The van der Waals surface area contributed by atoms with Gasteiger partial charge in [-0.1, -0.05) is 18.2 Å². The number of H-pyrrole nitrogens is 1. The van der Waals surface area contributed by atoms with Gasteiger partial charge in [0.1, 0.15) is 23.5 Å². The molecule has 1 fully saturated rings. The smallest absolute Gasteiger partial charge is 0.258 e. The molecule has 0 bridgehead atoms. The predicted molar refractivity (Wildman–Crippen MR) is 86.5 cm³/mol. The number of nitrogens with zero attached hydrogens (tertiary/aromatic N) is 3. The fraction of sp³-hybridized carbons (Fsp3) is 0.353. The number of furan rings is 1. The van der Waals surface area contributed by atoms with Crippen LogP contribution in [0.2, 0.25) is 0 Å². The first-order valence-electron chi connectivity index (χ1n) is 7.86. The Morgan fingerprint density at radius 2 is 2.25 bits per heavy atom. The Morgan fingerprint density at radius 1 is 1.42 bits per heavy atom. The van der Waals surface area contributed by atoms with Crippen LogP contribution in [-0.4, -0.2) is 45.7 Å². The summed E-state index contributed by atoms with van der Waals surface area (Å²) in [6, 6.07) is 7.40. The lowest BCUT2D eigenvalue weighted by atomic mass is 10.1. The number of carbonyl (C=O) groups excluding carboxylic acids is 1. The van der Waals surface area contributed by atoms with E-state index in [-0.39, 0.29) is 18.1 Å². The summed E-state index contributed by atoms with van der Waals surface area (Å²) in [5.74, 6) is 1.23. The summed E-state index contributed by atoms with van der Waals surface area (Å²) in [6.45, 7) is 2.33. The van der Waals surface area contributed by atoms with Gasteiger partial charge in [0.2, 0.25) is 0 Å². The van der Waals surface area contributed by atoms with Gasteiger partial charge in [0.15, 0.2) is 0 Å². The molecule has 1 amide bonds. The van der Waals surface area contributed by atoms with Gasteiger partial charge in [0.05, 0.1) is 17.7 Å². The minimum Gasteiger partial charge on any atom is -0.461 e. The minimum atomic E-state index is -0.182. The Balaban J connectivity index is 1.75. The zero-order valence-corrected chi connectivity index (χ0v) is 13.5. The second kappa shape index (κ2) is 5.76. The van der Waals surface area contributed by atoms with Crippen molar-refractivity contribution < 1.29 is 13.9 Å². The Labute approximate surface area is 138 Å². The first-order valence-corrected chi connectivity index (χ1v) is 7.86. The second-order valence-corrected chi connectivity index (χ2v) is 5.97. The number of methoxy groups -OCH3 is 1. The molecule has 1 aromatic carbocycles. The molecule has 0 spiro atoms. The van der Waals surface area contributed by atoms with Crippen molar-refractivity contribution in [1.82, 2.24) is 20.1 Å². The van der Waals surface area contributed by atoms with Crippen molar-refractivity contribution >= 4 is 16.9 Å². The average molecular weight is 326 g/mol. The molecule has 124 valence electrons. The Hall–Kier alpha value is -2.67. The van der Waals surface area contributed by atoms with Crippen LogP contribution in [0.25, 0.3) is 11.0 Å². The Bertz CT molecular complexity index is 871. The van der Waals surface area contributed by atoms with Crippen molar-refractivity contribution in [3.8, 4) is 0 Å². The largest absolute Gasteiger partial charge is 0.461 e. The number of para-hydroxylation sites is 1. The number of ether oxygens (including phenoxy) is 1. The Morgan fingerprint density at radius 3 is 3.00 bits per heavy atom. The van der Waals surface area contributed by atoms with Crippen molar-refractivity contribution in [2.24, 2.45) is 0 Å². The zero-order chi connectivity index (χ0) is 16.7. The number of carbonyl (C=O) groups is 1. The number of hydrogen-bond acceptors (Lipinski definition) is 5. The van der Waals surface area contributed by atoms with E-state index < -0.39 is 0 Å². The van der Waals surface area contributed by atoms with Gasteiger partial charge in [0, 0.05) is 25.5 Å². The maximum Gasteiger partial charge on any atom is 0.258 e. The number of aromatic amines is 1. The maximum atomic E-state index is 13.3. The topological polar surface area (TPSA) is 84.3 Å². The highest BCUT2D eigenvalue weighted by atomic mass is 16.5. The number of aromatic nitrogens is 3. The summed E-state index contributed by atoms with van der Waals surface area (Å²) < 4.78 is 11.2. The molecule has 0 saturated carbocycles. The fourth-order valence-corrected chi connectivity index (χ4v) is 3.40. The maximum absolute atomic E-state index is 13.3. The van der Waals surface area contributed by atoms with Gasteiger partial charge < -0.3 is 14.1 Å². The SMILES string of the molecule is CO[C@@H]1C[C@@H](c2ncn[nH]2)N(C(=O)c2c(C)oc3ccccc23)C1. The number of likely N-dealkylation sites (tertiary alicyclic amines) is 1. The van der Waals surface area contributed by atoms with Gasteiger partial charge in [-0.3, -0.25) is 9.89 Å². The summed E-state index contributed by atoms with van der Waals surface area (Å²) >= 11 is 0. The molecule has 3 aromatic rings. The summed E-state index contributed by atoms with van der Waals surface area (Å²) in [7, 11) is 1.66. The first kappa shape index (κ1) is 14.9. The number of aryl methyl sites for hydroxylation is 1. The van der Waals surface area contributed by atoms with E-state index in [1.807, 2.05) is 31.2 Å². The molecule has 0 aliphatic carbocycles. The van der Waals surface area contributed by atoms with Crippen LogP contribution in [0.15, 0.2) is 35.0 Å². The van der Waals surface area contributed by atoms with Crippen LogP contribution in [0.4, 0.5) is 0 Å². The van der Waals surface area contributed by atoms with E-state index in [0.29, 0.717) is 30.1 Å². The summed E-state index contributed by atoms with van der Waals surface area (Å²) in [4.78, 5) is 19.3. The molecule has 1 N–H and O–H groups in total. The molecule has 2 aromatic heterocycles. The standard InChI is InChI=1S/C17H18N4O3/c1-10-15(12-5-3-4-6-14(12)24-10)17(22)21-8-11(23-2)7-13(21)16-18-9-19-20-16/h3-6,9,11,13H,7-8H2,1-2H3,(H,18,19,20)/t11-,13+/m1/s1. The Kier molecular flexibility index (Phi) is 3.57. The lowest BCUT2D eigenvalue weighted by Gasteiger charge is -2.22. The average Bonchev–Trinajstić information content (AvgIpc) is 3.31. The fourth-order valence-electron chi connectivity index (χ4n) is 3.40. The van der Waals surface area contributed by atoms with E-state index in [1.165, 1.54) is 6.33 Å². The molecule has 0 unspecified atom stereocenters. The highest BCUT2D eigenvalue weighted by Crippen LogP contribution is 2.35. The van der Waals surface area contributed by atoms with E-state index in [4.69, 9.17) is 9.15 Å². The minimum absolute atomic E-state index is 0.0254. The van der Waals surface area contributed by atoms with Gasteiger partial charge in [0.25, 0.3) is 5.91 Å². The zero-order valence-electron chi connectivity index (χ0n) is 13.5. The molecule has 3 heterocycles. The number of amides is 1. The first-order chi connectivity index (χ1) is 11.7. The van der Waals surface area contributed by atoms with Crippen LogP contribution in [0.5, 0.6) is 0 Å². The molecule has 7 heteroatoms. The van der Waals surface area contributed by atoms with Gasteiger partial charge in [-0.05, 0) is 13.0 Å². The number of hydrogen-bond donors (Lipinski definition) is 1.